The van der Waals surface area contributed by atoms with Crippen LogP contribution in [0.5, 0.6) is 11.5 Å². The Balaban J connectivity index is 1.65. The molecule has 0 fully saturated rings. The fraction of sp³-hybridized carbons (Fsp3) is 0.143. The first kappa shape index (κ1) is 19.2. The summed E-state index contributed by atoms with van der Waals surface area (Å²) in [4.78, 5) is 16.5. The zero-order valence-electron chi connectivity index (χ0n) is 15.5. The van der Waals surface area contributed by atoms with Crippen molar-refractivity contribution in [2.24, 2.45) is 0 Å². The molecule has 144 valence electrons. The Hall–Kier alpha value is -3.61. The number of hydrogen-bond donors (Lipinski definition) is 2. The molecule has 0 bridgehead atoms. The van der Waals surface area contributed by atoms with E-state index in [2.05, 4.69) is 15.6 Å². The van der Waals surface area contributed by atoms with E-state index < -0.39 is 0 Å². The third-order valence-electron chi connectivity index (χ3n) is 4.03. The van der Waals surface area contributed by atoms with Gasteiger partial charge in [-0.15, -0.1) is 0 Å². The molecule has 0 radical (unpaired) electrons. The maximum Gasteiger partial charge on any atom is 0.270 e. The van der Waals surface area contributed by atoms with Gasteiger partial charge in [-0.25, -0.2) is 4.39 Å². The highest BCUT2D eigenvalue weighted by molar-refractivity contribution is 5.93. The van der Waals surface area contributed by atoms with Gasteiger partial charge in [0.2, 0.25) is 0 Å². The number of pyridine rings is 1. The smallest absolute Gasteiger partial charge is 0.270 e. The standard InChI is InChI=1S/C21H20FN3O3/c1-27-19-8-3-14(11-20(19)28-2)13-24-21(26)18-12-17(9-10-23-18)25-16-6-4-15(22)5-7-16/h3-12H,13H2,1-2H3,(H,23,25)(H,24,26). The van der Waals surface area contributed by atoms with Gasteiger partial charge in [0.15, 0.2) is 11.5 Å². The highest BCUT2D eigenvalue weighted by Gasteiger charge is 2.10. The molecule has 3 rings (SSSR count). The van der Waals surface area contributed by atoms with Crippen LogP contribution in [0.15, 0.2) is 60.8 Å². The van der Waals surface area contributed by atoms with E-state index in [0.29, 0.717) is 29.4 Å². The van der Waals surface area contributed by atoms with Crippen LogP contribution in [0.25, 0.3) is 0 Å². The molecule has 0 unspecified atom stereocenters. The number of halogens is 1. The predicted molar refractivity (Wildman–Crippen MR) is 105 cm³/mol. The zero-order valence-corrected chi connectivity index (χ0v) is 15.5. The first-order valence-electron chi connectivity index (χ1n) is 8.57. The number of ether oxygens (including phenoxy) is 2. The van der Waals surface area contributed by atoms with Crippen LogP contribution in [0.3, 0.4) is 0 Å². The van der Waals surface area contributed by atoms with E-state index >= 15 is 0 Å². The van der Waals surface area contributed by atoms with Gasteiger partial charge in [-0.2, -0.15) is 0 Å². The molecule has 2 N–H and O–H groups in total. The number of carbonyl (C=O) groups is 1. The first-order valence-corrected chi connectivity index (χ1v) is 8.57. The Labute approximate surface area is 162 Å². The molecule has 0 aliphatic rings. The van der Waals surface area contributed by atoms with Crippen molar-refractivity contribution in [3.8, 4) is 11.5 Å². The number of carbonyl (C=O) groups excluding carboxylic acids is 1. The summed E-state index contributed by atoms with van der Waals surface area (Å²) in [5.41, 5.74) is 2.53. The van der Waals surface area contributed by atoms with E-state index in [9.17, 15) is 9.18 Å². The molecule has 0 aliphatic heterocycles. The molecule has 0 saturated heterocycles. The number of benzene rings is 2. The highest BCUT2D eigenvalue weighted by atomic mass is 19.1. The monoisotopic (exact) mass is 381 g/mol. The van der Waals surface area contributed by atoms with Crippen LogP contribution in [-0.2, 0) is 6.54 Å². The summed E-state index contributed by atoms with van der Waals surface area (Å²) >= 11 is 0. The molecule has 3 aromatic rings. The molecule has 7 heteroatoms. The number of rotatable bonds is 7. The van der Waals surface area contributed by atoms with Gasteiger partial charge in [0.1, 0.15) is 11.5 Å². The van der Waals surface area contributed by atoms with E-state index in [1.54, 1.807) is 50.6 Å². The topological polar surface area (TPSA) is 72.5 Å². The van der Waals surface area contributed by atoms with Crippen molar-refractivity contribution in [2.45, 2.75) is 6.54 Å². The van der Waals surface area contributed by atoms with Gasteiger partial charge in [-0.05, 0) is 54.1 Å². The number of amides is 1. The molecule has 2 aromatic carbocycles. The van der Waals surface area contributed by atoms with Crippen molar-refractivity contribution < 1.29 is 18.7 Å². The molecule has 0 aliphatic carbocycles. The lowest BCUT2D eigenvalue weighted by Crippen LogP contribution is -2.23. The fourth-order valence-corrected chi connectivity index (χ4v) is 2.60. The summed E-state index contributed by atoms with van der Waals surface area (Å²) in [5.74, 6) is 0.602. The Morgan fingerprint density at radius 3 is 2.43 bits per heavy atom. The molecule has 28 heavy (non-hydrogen) atoms. The van der Waals surface area contributed by atoms with Crippen molar-refractivity contribution in [3.63, 3.8) is 0 Å². The van der Waals surface area contributed by atoms with Gasteiger partial charge in [-0.3, -0.25) is 9.78 Å². The molecular weight excluding hydrogens is 361 g/mol. The van der Waals surface area contributed by atoms with Crippen LogP contribution in [0, 0.1) is 5.82 Å². The van der Waals surface area contributed by atoms with Crippen molar-refractivity contribution in [2.75, 3.05) is 19.5 Å². The first-order chi connectivity index (χ1) is 13.6. The minimum absolute atomic E-state index is 0.271. The van der Waals surface area contributed by atoms with E-state index in [1.165, 1.54) is 18.3 Å². The Bertz CT molecular complexity index is 961. The number of aromatic nitrogens is 1. The van der Waals surface area contributed by atoms with Crippen molar-refractivity contribution in [3.05, 3.63) is 77.9 Å². The summed E-state index contributed by atoms with van der Waals surface area (Å²) < 4.78 is 23.5. The Morgan fingerprint density at radius 2 is 1.71 bits per heavy atom. The van der Waals surface area contributed by atoms with Gasteiger partial charge < -0.3 is 20.1 Å². The number of anilines is 2. The molecule has 0 saturated carbocycles. The maximum absolute atomic E-state index is 13.0. The minimum atomic E-state index is -0.310. The van der Waals surface area contributed by atoms with Crippen LogP contribution in [0.1, 0.15) is 16.1 Å². The quantitative estimate of drug-likeness (QED) is 0.649. The van der Waals surface area contributed by atoms with E-state index in [1.807, 2.05) is 6.07 Å². The molecule has 0 atom stereocenters. The van der Waals surface area contributed by atoms with Crippen LogP contribution < -0.4 is 20.1 Å². The minimum Gasteiger partial charge on any atom is -0.493 e. The van der Waals surface area contributed by atoms with E-state index in [-0.39, 0.29) is 17.4 Å². The van der Waals surface area contributed by atoms with Crippen LogP contribution in [0.2, 0.25) is 0 Å². The van der Waals surface area contributed by atoms with Gasteiger partial charge >= 0.3 is 0 Å². The third-order valence-corrected chi connectivity index (χ3v) is 4.03. The summed E-state index contributed by atoms with van der Waals surface area (Å²) in [7, 11) is 3.13. The summed E-state index contributed by atoms with van der Waals surface area (Å²) in [6.45, 7) is 0.316. The highest BCUT2D eigenvalue weighted by Crippen LogP contribution is 2.27. The molecule has 0 spiro atoms. The van der Waals surface area contributed by atoms with E-state index in [0.717, 1.165) is 5.56 Å². The molecule has 1 aromatic heterocycles. The molecule has 1 heterocycles. The Morgan fingerprint density at radius 1 is 0.964 bits per heavy atom. The summed E-state index contributed by atoms with van der Waals surface area (Å²) in [6, 6.07) is 14.8. The third kappa shape index (κ3) is 4.76. The number of nitrogens with one attached hydrogen (secondary N) is 2. The van der Waals surface area contributed by atoms with Crippen molar-refractivity contribution in [1.82, 2.24) is 10.3 Å². The van der Waals surface area contributed by atoms with Crippen LogP contribution in [0.4, 0.5) is 15.8 Å². The number of methoxy groups -OCH3 is 2. The van der Waals surface area contributed by atoms with Crippen molar-refractivity contribution >= 4 is 17.3 Å². The Kier molecular flexibility index (Phi) is 6.06. The summed E-state index contributed by atoms with van der Waals surface area (Å²) in [6.07, 6.45) is 1.54. The molecule has 1 amide bonds. The average molecular weight is 381 g/mol. The lowest BCUT2D eigenvalue weighted by Gasteiger charge is -2.11. The van der Waals surface area contributed by atoms with Crippen molar-refractivity contribution in [1.29, 1.82) is 0 Å². The largest absolute Gasteiger partial charge is 0.493 e. The lowest BCUT2D eigenvalue weighted by atomic mass is 10.2. The van der Waals surface area contributed by atoms with Gasteiger partial charge in [-0.1, -0.05) is 6.07 Å². The maximum atomic E-state index is 13.0. The number of nitrogens with zero attached hydrogens (tertiary/aromatic N) is 1. The van der Waals surface area contributed by atoms with Crippen LogP contribution in [-0.4, -0.2) is 25.1 Å². The second-order valence-corrected chi connectivity index (χ2v) is 5.93. The van der Waals surface area contributed by atoms with Crippen LogP contribution >= 0.6 is 0 Å². The van der Waals surface area contributed by atoms with Gasteiger partial charge in [0.25, 0.3) is 5.91 Å². The molecular formula is C21H20FN3O3. The average Bonchev–Trinajstić information content (AvgIpc) is 2.73. The second kappa shape index (κ2) is 8.85. The number of hydrogen-bond acceptors (Lipinski definition) is 5. The SMILES string of the molecule is COc1ccc(CNC(=O)c2cc(Nc3ccc(F)cc3)ccn2)cc1OC. The lowest BCUT2D eigenvalue weighted by molar-refractivity contribution is 0.0946. The van der Waals surface area contributed by atoms with E-state index in [4.69, 9.17) is 9.47 Å². The summed E-state index contributed by atoms with van der Waals surface area (Å²) in [5, 5.41) is 5.94. The second-order valence-electron chi connectivity index (χ2n) is 5.93. The fourth-order valence-electron chi connectivity index (χ4n) is 2.60. The van der Waals surface area contributed by atoms with Gasteiger partial charge in [0, 0.05) is 24.1 Å². The normalized spacial score (nSPS) is 10.2. The zero-order chi connectivity index (χ0) is 19.9. The predicted octanol–water partition coefficient (Wildman–Crippen LogP) is 3.91. The molecule has 6 nitrogen and oxygen atoms in total. The van der Waals surface area contributed by atoms with Gasteiger partial charge in [0.05, 0.1) is 14.2 Å².